The van der Waals surface area contributed by atoms with Gasteiger partial charge in [-0.05, 0) is 72.4 Å². The SMILES string of the molecule is O=C(CCN1C(=S)N[C@@H](c2ccccn2)[C@H]1c1ccn(-c2ccccc2)c1)Nc1ccc(F)cc1. The Hall–Kier alpha value is -4.04. The number of benzene rings is 2. The second kappa shape index (κ2) is 10.1. The van der Waals surface area contributed by atoms with Gasteiger partial charge in [-0.25, -0.2) is 4.39 Å². The van der Waals surface area contributed by atoms with E-state index in [1.165, 1.54) is 12.1 Å². The highest BCUT2D eigenvalue weighted by molar-refractivity contribution is 7.80. The van der Waals surface area contributed by atoms with Crippen LogP contribution in [-0.4, -0.2) is 32.0 Å². The summed E-state index contributed by atoms with van der Waals surface area (Å²) in [6, 6.07) is 23.4. The molecule has 6 nitrogen and oxygen atoms in total. The Balaban J connectivity index is 1.38. The summed E-state index contributed by atoms with van der Waals surface area (Å²) < 4.78 is 15.2. The molecule has 0 radical (unpaired) electrons. The Labute approximate surface area is 208 Å². The average molecular weight is 486 g/mol. The molecule has 1 aliphatic rings. The van der Waals surface area contributed by atoms with Crippen LogP contribution in [-0.2, 0) is 4.79 Å². The van der Waals surface area contributed by atoms with Crippen LogP contribution >= 0.6 is 12.2 Å². The molecule has 0 aliphatic carbocycles. The molecule has 0 saturated carbocycles. The first-order valence-corrected chi connectivity index (χ1v) is 11.8. The predicted octanol–water partition coefficient (Wildman–Crippen LogP) is 5.01. The minimum Gasteiger partial charge on any atom is -0.352 e. The van der Waals surface area contributed by atoms with E-state index in [1.807, 2.05) is 47.5 Å². The maximum atomic E-state index is 13.2. The maximum Gasteiger partial charge on any atom is 0.226 e. The smallest absolute Gasteiger partial charge is 0.226 e. The number of para-hydroxylation sites is 1. The standard InChI is InChI=1S/C27H24FN5OS/c28-20-9-11-21(12-10-20)30-24(34)14-17-33-26(25(31-27(33)35)23-8-4-5-15-29-23)19-13-16-32(18-19)22-6-2-1-3-7-22/h1-13,15-16,18,25-26H,14,17H2,(H,30,34)(H,31,35)/t25-,26+/m0/s1. The third-order valence-corrected chi connectivity index (χ3v) is 6.37. The molecule has 2 aromatic carbocycles. The number of carbonyl (C=O) groups is 1. The average Bonchev–Trinajstić information content (AvgIpc) is 3.50. The van der Waals surface area contributed by atoms with E-state index in [4.69, 9.17) is 12.2 Å². The third-order valence-electron chi connectivity index (χ3n) is 6.02. The van der Waals surface area contributed by atoms with Gasteiger partial charge in [0.1, 0.15) is 5.82 Å². The third kappa shape index (κ3) is 5.07. The summed E-state index contributed by atoms with van der Waals surface area (Å²) >= 11 is 5.70. The maximum absolute atomic E-state index is 13.2. The Morgan fingerprint density at radius 1 is 1.03 bits per heavy atom. The lowest BCUT2D eigenvalue weighted by molar-refractivity contribution is -0.116. The topological polar surface area (TPSA) is 62.2 Å². The molecule has 35 heavy (non-hydrogen) atoms. The number of amides is 1. The van der Waals surface area contributed by atoms with E-state index in [0.717, 1.165) is 16.9 Å². The van der Waals surface area contributed by atoms with Crippen LogP contribution in [0.4, 0.5) is 10.1 Å². The molecule has 8 heteroatoms. The van der Waals surface area contributed by atoms with E-state index in [2.05, 4.69) is 44.6 Å². The highest BCUT2D eigenvalue weighted by Gasteiger charge is 2.40. The van der Waals surface area contributed by atoms with Gasteiger partial charge in [-0.15, -0.1) is 0 Å². The minimum atomic E-state index is -0.345. The Kier molecular flexibility index (Phi) is 6.54. The molecule has 1 saturated heterocycles. The van der Waals surface area contributed by atoms with Crippen molar-refractivity contribution in [3.63, 3.8) is 0 Å². The second-order valence-corrected chi connectivity index (χ2v) is 8.70. The monoisotopic (exact) mass is 485 g/mol. The second-order valence-electron chi connectivity index (χ2n) is 8.31. The molecule has 0 bridgehead atoms. The summed E-state index contributed by atoms with van der Waals surface area (Å²) in [6.07, 6.45) is 6.12. The van der Waals surface area contributed by atoms with Gasteiger partial charge in [0.2, 0.25) is 5.91 Å². The molecule has 4 aromatic rings. The van der Waals surface area contributed by atoms with Gasteiger partial charge in [0.15, 0.2) is 5.11 Å². The van der Waals surface area contributed by atoms with Crippen molar-refractivity contribution in [3.05, 3.63) is 115 Å². The van der Waals surface area contributed by atoms with Crippen LogP contribution in [0, 0.1) is 5.82 Å². The molecular formula is C27H24FN5OS. The summed E-state index contributed by atoms with van der Waals surface area (Å²) in [5.41, 5.74) is 3.56. The zero-order valence-corrected chi connectivity index (χ0v) is 19.7. The number of nitrogens with zero attached hydrogens (tertiary/aromatic N) is 3. The fourth-order valence-electron chi connectivity index (χ4n) is 4.34. The van der Waals surface area contributed by atoms with Crippen molar-refractivity contribution in [1.82, 2.24) is 19.8 Å². The van der Waals surface area contributed by atoms with Gasteiger partial charge < -0.3 is 20.1 Å². The Morgan fingerprint density at radius 3 is 2.54 bits per heavy atom. The zero-order valence-electron chi connectivity index (χ0n) is 18.8. The van der Waals surface area contributed by atoms with Gasteiger partial charge in [0, 0.05) is 42.9 Å². The largest absolute Gasteiger partial charge is 0.352 e. The molecule has 5 rings (SSSR count). The molecule has 0 spiro atoms. The lowest BCUT2D eigenvalue weighted by Crippen LogP contribution is -2.32. The quantitative estimate of drug-likeness (QED) is 0.360. The molecule has 2 aromatic heterocycles. The highest BCUT2D eigenvalue weighted by atomic mass is 32.1. The number of pyridine rings is 1. The van der Waals surface area contributed by atoms with Crippen molar-refractivity contribution >= 4 is 28.9 Å². The fraction of sp³-hybridized carbons (Fsp3) is 0.148. The number of anilines is 1. The number of nitrogens with one attached hydrogen (secondary N) is 2. The summed E-state index contributed by atoms with van der Waals surface area (Å²) in [6.45, 7) is 0.420. The van der Waals surface area contributed by atoms with Gasteiger partial charge in [-0.3, -0.25) is 9.78 Å². The van der Waals surface area contributed by atoms with Crippen LogP contribution in [0.25, 0.3) is 5.69 Å². The molecule has 176 valence electrons. The van der Waals surface area contributed by atoms with Gasteiger partial charge in [0.05, 0.1) is 17.8 Å². The van der Waals surface area contributed by atoms with E-state index in [9.17, 15) is 9.18 Å². The molecular weight excluding hydrogens is 461 g/mol. The number of carbonyl (C=O) groups excluding carboxylic acids is 1. The molecule has 2 atom stereocenters. The van der Waals surface area contributed by atoms with Crippen molar-refractivity contribution in [2.24, 2.45) is 0 Å². The number of rotatable bonds is 7. The Morgan fingerprint density at radius 2 is 1.80 bits per heavy atom. The van der Waals surface area contributed by atoms with E-state index < -0.39 is 0 Å². The first-order valence-electron chi connectivity index (χ1n) is 11.4. The lowest BCUT2D eigenvalue weighted by Gasteiger charge is -2.27. The van der Waals surface area contributed by atoms with E-state index >= 15 is 0 Å². The molecule has 1 fully saturated rings. The van der Waals surface area contributed by atoms with Crippen LogP contribution in [0.15, 0.2) is 97.5 Å². The first kappa shape index (κ1) is 22.7. The van der Waals surface area contributed by atoms with Crippen molar-refractivity contribution in [2.75, 3.05) is 11.9 Å². The number of aromatic nitrogens is 2. The predicted molar refractivity (Wildman–Crippen MR) is 138 cm³/mol. The molecule has 0 unspecified atom stereocenters. The van der Waals surface area contributed by atoms with Crippen molar-refractivity contribution in [3.8, 4) is 5.69 Å². The van der Waals surface area contributed by atoms with Crippen molar-refractivity contribution < 1.29 is 9.18 Å². The number of hydrogen-bond donors (Lipinski definition) is 2. The normalized spacial score (nSPS) is 17.3. The molecule has 2 N–H and O–H groups in total. The lowest BCUT2D eigenvalue weighted by atomic mass is 9.99. The van der Waals surface area contributed by atoms with Crippen molar-refractivity contribution in [2.45, 2.75) is 18.5 Å². The van der Waals surface area contributed by atoms with Crippen LogP contribution < -0.4 is 10.6 Å². The first-order chi connectivity index (χ1) is 17.1. The molecule has 1 aliphatic heterocycles. The van der Waals surface area contributed by atoms with Gasteiger partial charge in [-0.1, -0.05) is 24.3 Å². The molecule has 3 heterocycles. The Bertz CT molecular complexity index is 1310. The van der Waals surface area contributed by atoms with Gasteiger partial charge >= 0.3 is 0 Å². The van der Waals surface area contributed by atoms with E-state index in [1.54, 1.807) is 18.3 Å². The minimum absolute atomic E-state index is 0.138. The van der Waals surface area contributed by atoms with Crippen LogP contribution in [0.1, 0.15) is 29.8 Å². The van der Waals surface area contributed by atoms with E-state index in [0.29, 0.717) is 17.3 Å². The summed E-state index contributed by atoms with van der Waals surface area (Å²) in [7, 11) is 0. The van der Waals surface area contributed by atoms with Gasteiger partial charge in [-0.2, -0.15) is 0 Å². The molecule has 1 amide bonds. The zero-order chi connectivity index (χ0) is 24.2. The van der Waals surface area contributed by atoms with E-state index in [-0.39, 0.29) is 30.2 Å². The number of hydrogen-bond acceptors (Lipinski definition) is 3. The van der Waals surface area contributed by atoms with Gasteiger partial charge in [0.25, 0.3) is 0 Å². The van der Waals surface area contributed by atoms with Crippen LogP contribution in [0.3, 0.4) is 0 Å². The number of halogens is 1. The summed E-state index contributed by atoms with van der Waals surface area (Å²) in [5, 5.41) is 6.80. The van der Waals surface area contributed by atoms with Crippen LogP contribution in [0.5, 0.6) is 0 Å². The summed E-state index contributed by atoms with van der Waals surface area (Å²) in [5.74, 6) is -0.511. The summed E-state index contributed by atoms with van der Waals surface area (Å²) in [4.78, 5) is 19.2. The highest BCUT2D eigenvalue weighted by Crippen LogP contribution is 2.39. The fourth-order valence-corrected chi connectivity index (χ4v) is 4.67. The van der Waals surface area contributed by atoms with Crippen molar-refractivity contribution in [1.29, 1.82) is 0 Å². The van der Waals surface area contributed by atoms with Crippen LogP contribution in [0.2, 0.25) is 0 Å². The number of thiocarbonyl (C=S) groups is 1.